The summed E-state index contributed by atoms with van der Waals surface area (Å²) in [5.41, 5.74) is 6.17. The van der Waals surface area contributed by atoms with Crippen LogP contribution in [0.15, 0.2) is 23.2 Å². The molecule has 0 heterocycles. The molecule has 6 heteroatoms. The Bertz CT molecular complexity index is 393. The summed E-state index contributed by atoms with van der Waals surface area (Å²) in [4.78, 5) is 4.15. The van der Waals surface area contributed by atoms with Gasteiger partial charge in [0.05, 0.1) is 0 Å². The molecule has 1 rings (SSSR count). The predicted octanol–water partition coefficient (Wildman–Crippen LogP) is 3.34. The van der Waals surface area contributed by atoms with Crippen LogP contribution in [0.5, 0.6) is 0 Å². The fourth-order valence-electron chi connectivity index (χ4n) is 1.50. The SMILES string of the molecule is CCCCN=C(N)NCCc1c(F)cccc1Cl.I. The smallest absolute Gasteiger partial charge is 0.188 e. The third-order valence-corrected chi connectivity index (χ3v) is 2.89. The first-order valence-corrected chi connectivity index (χ1v) is 6.49. The molecule has 108 valence electrons. The van der Waals surface area contributed by atoms with Crippen molar-refractivity contribution in [2.75, 3.05) is 13.1 Å². The van der Waals surface area contributed by atoms with Gasteiger partial charge in [-0.1, -0.05) is 31.0 Å². The number of unbranched alkanes of at least 4 members (excludes halogenated alkanes) is 1. The van der Waals surface area contributed by atoms with Crippen LogP contribution in [-0.2, 0) is 6.42 Å². The maximum Gasteiger partial charge on any atom is 0.188 e. The molecule has 0 bridgehead atoms. The zero-order chi connectivity index (χ0) is 13.4. The van der Waals surface area contributed by atoms with E-state index in [4.69, 9.17) is 17.3 Å². The minimum absolute atomic E-state index is 0. The second-order valence-electron chi connectivity index (χ2n) is 4.00. The van der Waals surface area contributed by atoms with Gasteiger partial charge in [-0.3, -0.25) is 4.99 Å². The van der Waals surface area contributed by atoms with Crippen molar-refractivity contribution in [2.45, 2.75) is 26.2 Å². The van der Waals surface area contributed by atoms with Crippen LogP contribution in [-0.4, -0.2) is 19.0 Å². The van der Waals surface area contributed by atoms with Crippen molar-refractivity contribution in [3.8, 4) is 0 Å². The lowest BCUT2D eigenvalue weighted by Gasteiger charge is -2.08. The highest BCUT2D eigenvalue weighted by molar-refractivity contribution is 14.0. The molecule has 0 saturated carbocycles. The molecular formula is C13H20ClFIN3. The molecule has 3 N–H and O–H groups in total. The maximum atomic E-state index is 13.4. The number of aliphatic imine (C=N–C) groups is 1. The third kappa shape index (κ3) is 6.96. The molecular weight excluding hydrogens is 380 g/mol. The largest absolute Gasteiger partial charge is 0.370 e. The zero-order valence-electron chi connectivity index (χ0n) is 11.0. The minimum atomic E-state index is -0.286. The molecule has 0 aliphatic carbocycles. The summed E-state index contributed by atoms with van der Waals surface area (Å²) in [7, 11) is 0. The Hall–Kier alpha value is -0.560. The van der Waals surface area contributed by atoms with Crippen LogP contribution in [0.2, 0.25) is 5.02 Å². The molecule has 0 radical (unpaired) electrons. The Morgan fingerprint density at radius 3 is 2.84 bits per heavy atom. The third-order valence-electron chi connectivity index (χ3n) is 2.54. The van der Waals surface area contributed by atoms with Gasteiger partial charge in [0.25, 0.3) is 0 Å². The van der Waals surface area contributed by atoms with E-state index in [1.54, 1.807) is 12.1 Å². The van der Waals surface area contributed by atoms with Gasteiger partial charge in [-0.15, -0.1) is 24.0 Å². The number of nitrogens with zero attached hydrogens (tertiary/aromatic N) is 1. The maximum absolute atomic E-state index is 13.4. The van der Waals surface area contributed by atoms with Gasteiger partial charge in [-0.25, -0.2) is 4.39 Å². The molecule has 0 amide bonds. The van der Waals surface area contributed by atoms with Crippen molar-refractivity contribution in [1.29, 1.82) is 0 Å². The Kier molecular flexibility index (Phi) is 9.95. The van der Waals surface area contributed by atoms with Crippen molar-refractivity contribution >= 4 is 41.5 Å². The Morgan fingerprint density at radius 1 is 1.47 bits per heavy atom. The predicted molar refractivity (Wildman–Crippen MR) is 89.9 cm³/mol. The summed E-state index contributed by atoms with van der Waals surface area (Å²) in [5.74, 6) is 0.113. The molecule has 19 heavy (non-hydrogen) atoms. The lowest BCUT2D eigenvalue weighted by molar-refractivity contribution is 0.607. The van der Waals surface area contributed by atoms with Gasteiger partial charge in [0.1, 0.15) is 5.82 Å². The van der Waals surface area contributed by atoms with Crippen molar-refractivity contribution in [3.05, 3.63) is 34.6 Å². The Balaban J connectivity index is 0.00000324. The summed E-state index contributed by atoms with van der Waals surface area (Å²) in [6.45, 7) is 3.33. The summed E-state index contributed by atoms with van der Waals surface area (Å²) < 4.78 is 13.4. The average Bonchev–Trinajstić information content (AvgIpc) is 2.33. The normalized spacial score (nSPS) is 11.0. The quantitative estimate of drug-likeness (QED) is 0.334. The number of nitrogens with one attached hydrogen (secondary N) is 1. The molecule has 0 aliphatic rings. The van der Waals surface area contributed by atoms with Gasteiger partial charge in [-0.05, 0) is 25.0 Å². The fraction of sp³-hybridized carbons (Fsp3) is 0.462. The Morgan fingerprint density at radius 2 is 2.21 bits per heavy atom. The lowest BCUT2D eigenvalue weighted by Crippen LogP contribution is -2.33. The molecule has 0 saturated heterocycles. The summed E-state index contributed by atoms with van der Waals surface area (Å²) in [6, 6.07) is 4.67. The van der Waals surface area contributed by atoms with E-state index in [0.717, 1.165) is 19.4 Å². The monoisotopic (exact) mass is 399 g/mol. The molecule has 0 fully saturated rings. The molecule has 0 unspecified atom stereocenters. The molecule has 1 aromatic rings. The highest BCUT2D eigenvalue weighted by Gasteiger charge is 2.06. The van der Waals surface area contributed by atoms with E-state index >= 15 is 0 Å². The lowest BCUT2D eigenvalue weighted by atomic mass is 10.1. The molecule has 0 aliphatic heterocycles. The van der Waals surface area contributed by atoms with Gasteiger partial charge in [0.2, 0.25) is 0 Å². The second kappa shape index (κ2) is 10.3. The van der Waals surface area contributed by atoms with E-state index in [1.807, 2.05) is 0 Å². The Labute approximate surface area is 135 Å². The number of hydrogen-bond acceptors (Lipinski definition) is 1. The van der Waals surface area contributed by atoms with Gasteiger partial charge in [0.15, 0.2) is 5.96 Å². The number of halogens is 3. The van der Waals surface area contributed by atoms with Crippen LogP contribution in [0.25, 0.3) is 0 Å². The first kappa shape index (κ1) is 18.4. The van der Waals surface area contributed by atoms with E-state index in [0.29, 0.717) is 29.5 Å². The van der Waals surface area contributed by atoms with Gasteiger partial charge in [-0.2, -0.15) is 0 Å². The molecule has 0 atom stereocenters. The number of rotatable bonds is 6. The highest BCUT2D eigenvalue weighted by Crippen LogP contribution is 2.18. The van der Waals surface area contributed by atoms with Gasteiger partial charge < -0.3 is 11.1 Å². The van der Waals surface area contributed by atoms with Crippen LogP contribution in [0, 0.1) is 5.82 Å². The zero-order valence-corrected chi connectivity index (χ0v) is 14.0. The molecule has 0 spiro atoms. The standard InChI is InChI=1S/C13H19ClFN3.HI/c1-2-3-8-17-13(16)18-9-7-10-11(14)5-4-6-12(10)15;/h4-6H,2-3,7-9H2,1H3,(H3,16,17,18);1H. The van der Waals surface area contributed by atoms with Crippen LogP contribution < -0.4 is 11.1 Å². The molecule has 3 nitrogen and oxygen atoms in total. The van der Waals surface area contributed by atoms with E-state index in [2.05, 4.69) is 17.2 Å². The van der Waals surface area contributed by atoms with Crippen molar-refractivity contribution in [1.82, 2.24) is 5.32 Å². The van der Waals surface area contributed by atoms with E-state index < -0.39 is 0 Å². The average molecular weight is 400 g/mol. The van der Waals surface area contributed by atoms with Crippen LogP contribution >= 0.6 is 35.6 Å². The second-order valence-corrected chi connectivity index (χ2v) is 4.40. The van der Waals surface area contributed by atoms with Crippen molar-refractivity contribution in [2.24, 2.45) is 10.7 Å². The van der Waals surface area contributed by atoms with Gasteiger partial charge in [0, 0.05) is 23.7 Å². The topological polar surface area (TPSA) is 50.4 Å². The van der Waals surface area contributed by atoms with E-state index in [9.17, 15) is 4.39 Å². The minimum Gasteiger partial charge on any atom is -0.370 e. The van der Waals surface area contributed by atoms with Crippen molar-refractivity contribution < 1.29 is 4.39 Å². The highest BCUT2D eigenvalue weighted by atomic mass is 127. The number of guanidine groups is 1. The first-order chi connectivity index (χ1) is 8.65. The first-order valence-electron chi connectivity index (χ1n) is 6.11. The number of nitrogens with two attached hydrogens (primary N) is 1. The van der Waals surface area contributed by atoms with E-state index in [-0.39, 0.29) is 29.8 Å². The molecule has 0 aromatic heterocycles. The molecule has 1 aromatic carbocycles. The van der Waals surface area contributed by atoms with Crippen LogP contribution in [0.3, 0.4) is 0 Å². The number of benzene rings is 1. The van der Waals surface area contributed by atoms with Crippen LogP contribution in [0.1, 0.15) is 25.3 Å². The van der Waals surface area contributed by atoms with Crippen molar-refractivity contribution in [3.63, 3.8) is 0 Å². The summed E-state index contributed by atoms with van der Waals surface area (Å²) in [6.07, 6.45) is 2.58. The number of hydrogen-bond donors (Lipinski definition) is 2. The van der Waals surface area contributed by atoms with Crippen LogP contribution in [0.4, 0.5) is 4.39 Å². The summed E-state index contributed by atoms with van der Waals surface area (Å²) in [5, 5.41) is 3.39. The van der Waals surface area contributed by atoms with Gasteiger partial charge >= 0.3 is 0 Å². The van der Waals surface area contributed by atoms with E-state index in [1.165, 1.54) is 6.07 Å². The summed E-state index contributed by atoms with van der Waals surface area (Å²) >= 11 is 5.92. The fourth-order valence-corrected chi connectivity index (χ4v) is 1.76.